The Bertz CT molecular complexity index is 771. The average molecular weight is 364 g/mol. The third kappa shape index (κ3) is 3.77. The predicted molar refractivity (Wildman–Crippen MR) is 97.2 cm³/mol. The van der Waals surface area contributed by atoms with E-state index in [1.807, 2.05) is 6.92 Å². The van der Waals surface area contributed by atoms with Gasteiger partial charge in [-0.25, -0.2) is 0 Å². The second kappa shape index (κ2) is 7.34. The highest BCUT2D eigenvalue weighted by Crippen LogP contribution is 2.27. The van der Waals surface area contributed by atoms with Crippen LogP contribution in [-0.2, 0) is 0 Å². The summed E-state index contributed by atoms with van der Waals surface area (Å²) in [7, 11) is 0. The Labute approximate surface area is 149 Å². The summed E-state index contributed by atoms with van der Waals surface area (Å²) in [6.45, 7) is 4.43. The summed E-state index contributed by atoms with van der Waals surface area (Å²) in [5.41, 5.74) is 1.26. The van der Waals surface area contributed by atoms with Gasteiger partial charge < -0.3 is 16.0 Å². The molecule has 1 aliphatic rings. The van der Waals surface area contributed by atoms with Gasteiger partial charge in [-0.2, -0.15) is 0 Å². The Morgan fingerprint density at radius 3 is 2.71 bits per heavy atom. The van der Waals surface area contributed by atoms with Gasteiger partial charge in [0.1, 0.15) is 0 Å². The van der Waals surface area contributed by atoms with E-state index in [1.54, 1.807) is 30.3 Å². The number of halogens is 1. The molecule has 0 radical (unpaired) electrons. The van der Waals surface area contributed by atoms with E-state index >= 15 is 0 Å². The maximum atomic E-state index is 12.3. The predicted octanol–water partition coefficient (Wildman–Crippen LogP) is 2.91. The molecule has 2 heterocycles. The fourth-order valence-electron chi connectivity index (χ4n) is 2.40. The maximum absolute atomic E-state index is 12.3. The van der Waals surface area contributed by atoms with Gasteiger partial charge in [-0.1, -0.05) is 23.7 Å². The summed E-state index contributed by atoms with van der Waals surface area (Å²) in [5, 5.41) is 9.96. The average Bonchev–Trinajstić information content (AvgIpc) is 2.86. The Morgan fingerprint density at radius 2 is 2.04 bits per heavy atom. The number of hydrogen-bond donors (Lipinski definition) is 3. The Hall–Kier alpha value is -1.89. The van der Waals surface area contributed by atoms with E-state index in [0.717, 1.165) is 18.7 Å². The molecular weight excluding hydrogens is 346 g/mol. The molecule has 0 bridgehead atoms. The molecule has 1 saturated heterocycles. The van der Waals surface area contributed by atoms with Crippen molar-refractivity contribution in [2.24, 2.45) is 5.92 Å². The number of nitrogens with one attached hydrogen (secondary N) is 3. The number of rotatable bonds is 5. The van der Waals surface area contributed by atoms with E-state index in [0.29, 0.717) is 32.9 Å². The fraction of sp³-hybridized carbons (Fsp3) is 0.294. The molecule has 3 N–H and O–H groups in total. The van der Waals surface area contributed by atoms with Gasteiger partial charge in [-0.05, 0) is 30.7 Å². The van der Waals surface area contributed by atoms with Crippen LogP contribution in [0, 0.1) is 12.8 Å². The minimum Gasteiger partial charge on any atom is -0.351 e. The molecule has 126 valence electrons. The highest BCUT2D eigenvalue weighted by Gasteiger charge is 2.20. The van der Waals surface area contributed by atoms with Crippen molar-refractivity contribution in [2.45, 2.75) is 6.92 Å². The zero-order chi connectivity index (χ0) is 17.1. The van der Waals surface area contributed by atoms with Crippen molar-refractivity contribution in [3.05, 3.63) is 51.4 Å². The smallest absolute Gasteiger partial charge is 0.261 e. The summed E-state index contributed by atoms with van der Waals surface area (Å²) < 4.78 is 0. The Morgan fingerprint density at radius 1 is 1.29 bits per heavy atom. The van der Waals surface area contributed by atoms with Crippen molar-refractivity contribution >= 4 is 39.8 Å². The number of carbonyl (C=O) groups is 2. The molecule has 5 nitrogen and oxygen atoms in total. The zero-order valence-electron chi connectivity index (χ0n) is 13.2. The van der Waals surface area contributed by atoms with Crippen LogP contribution in [-0.4, -0.2) is 31.4 Å². The van der Waals surface area contributed by atoms with Crippen LogP contribution < -0.4 is 16.0 Å². The van der Waals surface area contributed by atoms with Crippen LogP contribution in [0.25, 0.3) is 0 Å². The van der Waals surface area contributed by atoms with Crippen molar-refractivity contribution in [3.63, 3.8) is 0 Å². The first-order valence-electron chi connectivity index (χ1n) is 7.70. The third-order valence-corrected chi connectivity index (χ3v) is 5.38. The lowest BCUT2D eigenvalue weighted by molar-refractivity contribution is 0.0945. The van der Waals surface area contributed by atoms with Crippen LogP contribution in [0.3, 0.4) is 0 Å². The van der Waals surface area contributed by atoms with Gasteiger partial charge >= 0.3 is 0 Å². The van der Waals surface area contributed by atoms with Crippen LogP contribution >= 0.6 is 22.9 Å². The molecule has 0 atom stereocenters. The lowest BCUT2D eigenvalue weighted by Crippen LogP contribution is -2.48. The molecule has 1 fully saturated rings. The molecule has 7 heteroatoms. The molecule has 0 unspecified atom stereocenters. The lowest BCUT2D eigenvalue weighted by atomic mass is 10.0. The van der Waals surface area contributed by atoms with Crippen molar-refractivity contribution in [1.82, 2.24) is 10.6 Å². The largest absolute Gasteiger partial charge is 0.351 e. The number of hydrogen-bond acceptors (Lipinski definition) is 4. The molecule has 24 heavy (non-hydrogen) atoms. The number of carbonyl (C=O) groups excluding carboxylic acids is 2. The number of benzene rings is 1. The van der Waals surface area contributed by atoms with Crippen LogP contribution in [0.15, 0.2) is 30.3 Å². The van der Waals surface area contributed by atoms with E-state index in [4.69, 9.17) is 11.6 Å². The summed E-state index contributed by atoms with van der Waals surface area (Å²) in [6.07, 6.45) is 0. The van der Waals surface area contributed by atoms with Gasteiger partial charge in [0.25, 0.3) is 11.8 Å². The van der Waals surface area contributed by atoms with E-state index in [9.17, 15) is 9.59 Å². The van der Waals surface area contributed by atoms with Gasteiger partial charge in [-0.15, -0.1) is 11.3 Å². The first-order valence-corrected chi connectivity index (χ1v) is 8.89. The normalized spacial score (nSPS) is 14.1. The molecule has 0 spiro atoms. The minimum absolute atomic E-state index is 0.0948. The first-order chi connectivity index (χ1) is 11.5. The van der Waals surface area contributed by atoms with Crippen LogP contribution in [0.4, 0.5) is 5.00 Å². The monoisotopic (exact) mass is 363 g/mol. The summed E-state index contributed by atoms with van der Waals surface area (Å²) in [5.74, 6) is 0.130. The fourth-order valence-corrected chi connectivity index (χ4v) is 3.61. The third-order valence-electron chi connectivity index (χ3n) is 3.90. The molecule has 2 aromatic rings. The quantitative estimate of drug-likeness (QED) is 0.765. The van der Waals surface area contributed by atoms with Crippen LogP contribution in [0.2, 0.25) is 5.02 Å². The van der Waals surface area contributed by atoms with Crippen molar-refractivity contribution in [2.75, 3.05) is 25.0 Å². The second-order valence-corrected chi connectivity index (χ2v) is 7.25. The summed E-state index contributed by atoms with van der Waals surface area (Å²) in [4.78, 5) is 25.2. The molecule has 1 aliphatic heterocycles. The highest BCUT2D eigenvalue weighted by molar-refractivity contribution is 7.18. The second-order valence-electron chi connectivity index (χ2n) is 5.79. The minimum atomic E-state index is -0.283. The van der Waals surface area contributed by atoms with E-state index in [1.165, 1.54) is 11.3 Å². The molecule has 1 aromatic carbocycles. The lowest BCUT2D eigenvalue weighted by Gasteiger charge is -2.26. The summed E-state index contributed by atoms with van der Waals surface area (Å²) >= 11 is 7.31. The van der Waals surface area contributed by atoms with Crippen LogP contribution in [0.5, 0.6) is 0 Å². The molecule has 3 rings (SSSR count). The Balaban J connectivity index is 1.66. The SMILES string of the molecule is Cc1cc(NC(=O)c2ccccc2Cl)sc1C(=O)NCC1CNC1. The standard InChI is InChI=1S/C17H18ClN3O2S/c1-10-6-14(21-16(22)12-4-2-3-5-13(12)18)24-15(10)17(23)20-9-11-7-19-8-11/h2-6,11,19H,7-9H2,1H3,(H,20,23)(H,21,22). The first kappa shape index (κ1) is 17.0. The molecule has 0 aliphatic carbocycles. The highest BCUT2D eigenvalue weighted by atomic mass is 35.5. The number of anilines is 1. The van der Waals surface area contributed by atoms with Gasteiger partial charge in [0, 0.05) is 25.6 Å². The van der Waals surface area contributed by atoms with Crippen molar-refractivity contribution < 1.29 is 9.59 Å². The number of amides is 2. The number of thiophene rings is 1. The molecule has 2 amide bonds. The van der Waals surface area contributed by atoms with Crippen molar-refractivity contribution in [1.29, 1.82) is 0 Å². The van der Waals surface area contributed by atoms with E-state index in [-0.39, 0.29) is 11.8 Å². The summed E-state index contributed by atoms with van der Waals surface area (Å²) in [6, 6.07) is 8.67. The number of aryl methyl sites for hydroxylation is 1. The molecular formula is C17H18ClN3O2S. The van der Waals surface area contributed by atoms with E-state index in [2.05, 4.69) is 16.0 Å². The van der Waals surface area contributed by atoms with Gasteiger partial charge in [0.2, 0.25) is 0 Å². The van der Waals surface area contributed by atoms with Gasteiger partial charge in [0.05, 0.1) is 20.5 Å². The molecule has 0 saturated carbocycles. The van der Waals surface area contributed by atoms with Crippen molar-refractivity contribution in [3.8, 4) is 0 Å². The van der Waals surface area contributed by atoms with Gasteiger partial charge in [0.15, 0.2) is 0 Å². The van der Waals surface area contributed by atoms with Gasteiger partial charge in [-0.3, -0.25) is 9.59 Å². The van der Waals surface area contributed by atoms with E-state index < -0.39 is 0 Å². The molecule has 1 aromatic heterocycles. The Kier molecular flexibility index (Phi) is 5.18. The maximum Gasteiger partial charge on any atom is 0.261 e. The topological polar surface area (TPSA) is 70.2 Å². The van der Waals surface area contributed by atoms with Crippen LogP contribution in [0.1, 0.15) is 25.6 Å². The zero-order valence-corrected chi connectivity index (χ0v) is 14.8.